The number of ether oxygens (including phenoxy) is 2. The standard InChI is InChI=1S/C17H15FO6S/c1-23-15-8-7-11(18)9-13(15)14(19)10-24-17(20)12-5-3-4-6-16(12)25(2,21)22/h3-9H,10H2,1-2H3. The second-order valence-corrected chi connectivity index (χ2v) is 7.10. The third-order valence-corrected chi connectivity index (χ3v) is 4.46. The Morgan fingerprint density at radius 1 is 1.08 bits per heavy atom. The van der Waals surface area contributed by atoms with Crippen LogP contribution in [-0.2, 0) is 14.6 Å². The third kappa shape index (κ3) is 4.42. The molecule has 2 aromatic rings. The van der Waals surface area contributed by atoms with E-state index in [9.17, 15) is 22.4 Å². The molecule has 0 aliphatic heterocycles. The molecule has 0 radical (unpaired) electrons. The van der Waals surface area contributed by atoms with E-state index in [-0.39, 0.29) is 21.8 Å². The van der Waals surface area contributed by atoms with Gasteiger partial charge in [0.05, 0.1) is 23.1 Å². The van der Waals surface area contributed by atoms with Gasteiger partial charge in [0.15, 0.2) is 16.4 Å². The van der Waals surface area contributed by atoms with Gasteiger partial charge in [0.1, 0.15) is 11.6 Å². The summed E-state index contributed by atoms with van der Waals surface area (Å²) < 4.78 is 46.6. The van der Waals surface area contributed by atoms with Crippen molar-refractivity contribution in [2.45, 2.75) is 4.90 Å². The Morgan fingerprint density at radius 2 is 1.76 bits per heavy atom. The van der Waals surface area contributed by atoms with Crippen LogP contribution in [-0.4, -0.2) is 40.1 Å². The summed E-state index contributed by atoms with van der Waals surface area (Å²) in [4.78, 5) is 24.1. The topological polar surface area (TPSA) is 86.7 Å². The van der Waals surface area contributed by atoms with Crippen molar-refractivity contribution < 1.29 is 31.9 Å². The van der Waals surface area contributed by atoms with Crippen LogP contribution >= 0.6 is 0 Å². The number of halogens is 1. The van der Waals surface area contributed by atoms with Gasteiger partial charge in [-0.3, -0.25) is 4.79 Å². The fourth-order valence-electron chi connectivity index (χ4n) is 2.14. The number of benzene rings is 2. The highest BCUT2D eigenvalue weighted by Crippen LogP contribution is 2.21. The summed E-state index contributed by atoms with van der Waals surface area (Å²) in [6, 6.07) is 8.88. The van der Waals surface area contributed by atoms with E-state index >= 15 is 0 Å². The van der Waals surface area contributed by atoms with E-state index in [0.717, 1.165) is 18.4 Å². The van der Waals surface area contributed by atoms with E-state index in [2.05, 4.69) is 0 Å². The number of Topliss-reactive ketones (excluding diaryl/α,β-unsaturated/α-hetero) is 1. The van der Waals surface area contributed by atoms with Gasteiger partial charge < -0.3 is 9.47 Å². The predicted molar refractivity (Wildman–Crippen MR) is 87.1 cm³/mol. The zero-order valence-electron chi connectivity index (χ0n) is 13.5. The molecule has 0 aromatic heterocycles. The first-order chi connectivity index (χ1) is 11.7. The molecule has 0 aliphatic carbocycles. The van der Waals surface area contributed by atoms with Gasteiger partial charge in [-0.1, -0.05) is 12.1 Å². The van der Waals surface area contributed by atoms with Gasteiger partial charge in [-0.2, -0.15) is 0 Å². The quantitative estimate of drug-likeness (QED) is 0.576. The Hall–Kier alpha value is -2.74. The van der Waals surface area contributed by atoms with Gasteiger partial charge in [0.2, 0.25) is 5.78 Å². The number of esters is 1. The molecule has 0 amide bonds. The molecular weight excluding hydrogens is 351 g/mol. The van der Waals surface area contributed by atoms with E-state index in [1.54, 1.807) is 0 Å². The van der Waals surface area contributed by atoms with Crippen molar-refractivity contribution in [3.63, 3.8) is 0 Å². The van der Waals surface area contributed by atoms with E-state index in [1.165, 1.54) is 37.4 Å². The summed E-state index contributed by atoms with van der Waals surface area (Å²) in [5, 5.41) is 0. The summed E-state index contributed by atoms with van der Waals surface area (Å²) in [5.74, 6) is -2.15. The number of carbonyl (C=O) groups excluding carboxylic acids is 2. The first-order valence-corrected chi connectivity index (χ1v) is 8.96. The number of rotatable bonds is 6. The summed E-state index contributed by atoms with van der Waals surface area (Å²) >= 11 is 0. The Morgan fingerprint density at radius 3 is 2.40 bits per heavy atom. The average Bonchev–Trinajstić information content (AvgIpc) is 2.58. The predicted octanol–water partition coefficient (Wildman–Crippen LogP) is 2.28. The van der Waals surface area contributed by atoms with Crippen LogP contribution < -0.4 is 4.74 Å². The molecule has 2 aromatic carbocycles. The molecule has 0 atom stereocenters. The molecule has 6 nitrogen and oxygen atoms in total. The summed E-state index contributed by atoms with van der Waals surface area (Å²) in [6.07, 6.45) is 0.960. The molecule has 0 aliphatic rings. The Balaban J connectivity index is 2.19. The van der Waals surface area contributed by atoms with Gasteiger partial charge in [-0.05, 0) is 30.3 Å². The van der Waals surface area contributed by atoms with Crippen LogP contribution in [0.25, 0.3) is 0 Å². The van der Waals surface area contributed by atoms with Crippen LogP contribution in [0.15, 0.2) is 47.4 Å². The molecule has 0 unspecified atom stereocenters. The lowest BCUT2D eigenvalue weighted by molar-refractivity contribution is 0.0470. The van der Waals surface area contributed by atoms with Crippen molar-refractivity contribution in [2.24, 2.45) is 0 Å². The van der Waals surface area contributed by atoms with Crippen molar-refractivity contribution in [2.75, 3.05) is 20.0 Å². The fraction of sp³-hybridized carbons (Fsp3) is 0.176. The van der Waals surface area contributed by atoms with Crippen LogP contribution in [0.3, 0.4) is 0 Å². The van der Waals surface area contributed by atoms with Gasteiger partial charge in [-0.15, -0.1) is 0 Å². The lowest BCUT2D eigenvalue weighted by atomic mass is 10.1. The molecule has 0 saturated carbocycles. The van der Waals surface area contributed by atoms with Crippen molar-refractivity contribution in [3.05, 3.63) is 59.4 Å². The molecule has 0 bridgehead atoms. The Bertz CT molecular complexity index is 920. The lowest BCUT2D eigenvalue weighted by Gasteiger charge is -2.10. The monoisotopic (exact) mass is 366 g/mol. The molecule has 0 spiro atoms. The zero-order chi connectivity index (χ0) is 18.6. The maximum atomic E-state index is 13.3. The average molecular weight is 366 g/mol. The van der Waals surface area contributed by atoms with Gasteiger partial charge >= 0.3 is 5.97 Å². The molecule has 0 fully saturated rings. The van der Waals surface area contributed by atoms with E-state index in [4.69, 9.17) is 9.47 Å². The molecule has 132 valence electrons. The smallest absolute Gasteiger partial charge is 0.339 e. The fourth-order valence-corrected chi connectivity index (χ4v) is 3.02. The largest absolute Gasteiger partial charge is 0.496 e. The third-order valence-electron chi connectivity index (χ3n) is 3.30. The second kappa shape index (κ2) is 7.43. The highest BCUT2D eigenvalue weighted by Gasteiger charge is 2.21. The van der Waals surface area contributed by atoms with Crippen molar-refractivity contribution in [1.82, 2.24) is 0 Å². The maximum Gasteiger partial charge on any atom is 0.339 e. The SMILES string of the molecule is COc1ccc(F)cc1C(=O)COC(=O)c1ccccc1S(C)(=O)=O. The number of sulfone groups is 1. The van der Waals surface area contributed by atoms with E-state index in [1.807, 2.05) is 0 Å². The highest BCUT2D eigenvalue weighted by atomic mass is 32.2. The van der Waals surface area contributed by atoms with Crippen molar-refractivity contribution in [1.29, 1.82) is 0 Å². The van der Waals surface area contributed by atoms with Crippen molar-refractivity contribution in [3.8, 4) is 5.75 Å². The molecule has 25 heavy (non-hydrogen) atoms. The van der Waals surface area contributed by atoms with Crippen LogP contribution in [0, 0.1) is 5.82 Å². The number of ketones is 1. The van der Waals surface area contributed by atoms with Crippen LogP contribution in [0.4, 0.5) is 4.39 Å². The number of carbonyl (C=O) groups is 2. The summed E-state index contributed by atoms with van der Waals surface area (Å²) in [5.41, 5.74) is -0.254. The second-order valence-electron chi connectivity index (χ2n) is 5.11. The minimum atomic E-state index is -3.64. The molecule has 0 heterocycles. The first kappa shape index (κ1) is 18.6. The van der Waals surface area contributed by atoms with E-state index in [0.29, 0.717) is 0 Å². The highest BCUT2D eigenvalue weighted by molar-refractivity contribution is 7.90. The van der Waals surface area contributed by atoms with E-state index < -0.39 is 34.0 Å². The summed E-state index contributed by atoms with van der Waals surface area (Å²) in [6.45, 7) is -0.684. The first-order valence-electron chi connectivity index (χ1n) is 7.07. The Labute approximate surface area is 144 Å². The lowest BCUT2D eigenvalue weighted by Crippen LogP contribution is -2.17. The zero-order valence-corrected chi connectivity index (χ0v) is 14.3. The molecule has 0 N–H and O–H groups in total. The van der Waals surface area contributed by atoms with Gasteiger partial charge in [0, 0.05) is 6.26 Å². The normalized spacial score (nSPS) is 11.0. The Kier molecular flexibility index (Phi) is 5.53. The molecule has 0 saturated heterocycles. The minimum absolute atomic E-state index is 0.0771. The van der Waals surface area contributed by atoms with Gasteiger partial charge in [-0.25, -0.2) is 17.6 Å². The number of hydrogen-bond donors (Lipinski definition) is 0. The van der Waals surface area contributed by atoms with Crippen molar-refractivity contribution >= 4 is 21.6 Å². The molecular formula is C17H15FO6S. The summed E-state index contributed by atoms with van der Waals surface area (Å²) in [7, 11) is -2.32. The van der Waals surface area contributed by atoms with Crippen LogP contribution in [0.5, 0.6) is 5.75 Å². The van der Waals surface area contributed by atoms with Gasteiger partial charge in [0.25, 0.3) is 0 Å². The molecule has 2 rings (SSSR count). The maximum absolute atomic E-state index is 13.3. The number of hydrogen-bond acceptors (Lipinski definition) is 6. The minimum Gasteiger partial charge on any atom is -0.496 e. The number of methoxy groups -OCH3 is 1. The van der Waals surface area contributed by atoms with Crippen LogP contribution in [0.1, 0.15) is 20.7 Å². The molecule has 8 heteroatoms. The van der Waals surface area contributed by atoms with Crippen LogP contribution in [0.2, 0.25) is 0 Å².